The first-order valence-electron chi connectivity index (χ1n) is 9.62. The molecule has 0 heterocycles. The van der Waals surface area contributed by atoms with Gasteiger partial charge in [-0.3, -0.25) is 0 Å². The Kier molecular flexibility index (Phi) is 7.29. The Bertz CT molecular complexity index is 847. The van der Waals surface area contributed by atoms with E-state index in [1.807, 2.05) is 67.6 Å². The Morgan fingerprint density at radius 1 is 0.786 bits per heavy atom. The molecule has 3 aromatic rings. The summed E-state index contributed by atoms with van der Waals surface area (Å²) in [6.07, 6.45) is 0. The summed E-state index contributed by atoms with van der Waals surface area (Å²) in [5.74, 6) is 2.56. The third-order valence-corrected chi connectivity index (χ3v) is 5.86. The molecule has 0 spiro atoms. The summed E-state index contributed by atoms with van der Waals surface area (Å²) in [5.41, 5.74) is 2.44. The van der Waals surface area contributed by atoms with Gasteiger partial charge in [-0.15, -0.1) is 0 Å². The van der Waals surface area contributed by atoms with E-state index >= 15 is 0 Å². The van der Waals surface area contributed by atoms with Gasteiger partial charge in [0.25, 0.3) is 0 Å². The smallest absolute Gasteiger partial charge is 0.127 e. The molecule has 3 aromatic carbocycles. The Balaban J connectivity index is 1.66. The summed E-state index contributed by atoms with van der Waals surface area (Å²) in [6.45, 7) is 7.78. The van der Waals surface area contributed by atoms with Gasteiger partial charge in [0, 0.05) is 0 Å². The van der Waals surface area contributed by atoms with Gasteiger partial charge in [0.05, 0.1) is 27.7 Å². The van der Waals surface area contributed by atoms with E-state index in [1.165, 1.54) is 5.56 Å². The molecule has 0 aliphatic carbocycles. The third kappa shape index (κ3) is 5.71. The molecule has 0 N–H and O–H groups in total. The Labute approximate surface area is 169 Å². The van der Waals surface area contributed by atoms with Crippen LogP contribution in [0.25, 0.3) is 0 Å². The van der Waals surface area contributed by atoms with Gasteiger partial charge in [-0.25, -0.2) is 0 Å². The maximum atomic E-state index is 6.33. The normalized spacial score (nSPS) is 12.0. The van der Waals surface area contributed by atoms with Gasteiger partial charge in [0.15, 0.2) is 0 Å². The summed E-state index contributed by atoms with van der Waals surface area (Å²) >= 11 is 0. The number of hydrogen-bond donors (Lipinski definition) is 0. The number of benzene rings is 3. The standard InChI is InChI=1S/C24H27O3Si/c1-4-25-21-15-13-20(14-16-21)24(28(2)3)26-18-19-9-8-12-23(17-19)27-22-10-6-5-7-11-22/h5-17,24H,4,18H2,1-3H3. The monoisotopic (exact) mass is 391 g/mol. The Hall–Kier alpha value is -2.56. The highest BCUT2D eigenvalue weighted by Crippen LogP contribution is 2.26. The molecule has 0 fully saturated rings. The first-order chi connectivity index (χ1) is 13.7. The van der Waals surface area contributed by atoms with Crippen LogP contribution in [0, 0.1) is 0 Å². The Morgan fingerprint density at radius 2 is 1.50 bits per heavy atom. The SMILES string of the molecule is CCOc1ccc(C(OCc2cccc(Oc3ccccc3)c2)[Si](C)C)cc1. The van der Waals surface area contributed by atoms with Gasteiger partial charge >= 0.3 is 0 Å². The van der Waals surface area contributed by atoms with Gasteiger partial charge in [-0.05, 0) is 54.4 Å². The third-order valence-electron chi connectivity index (χ3n) is 4.31. The first kappa shape index (κ1) is 20.2. The predicted octanol–water partition coefficient (Wildman–Crippen LogP) is 6.43. The largest absolute Gasteiger partial charge is 0.494 e. The summed E-state index contributed by atoms with van der Waals surface area (Å²) in [7, 11) is -0.672. The molecule has 0 bridgehead atoms. The van der Waals surface area contributed by atoms with Crippen LogP contribution < -0.4 is 9.47 Å². The molecule has 3 rings (SSSR count). The molecule has 0 saturated heterocycles. The molecule has 1 atom stereocenters. The van der Waals surface area contributed by atoms with Crippen LogP contribution in [0.5, 0.6) is 17.2 Å². The van der Waals surface area contributed by atoms with Crippen LogP contribution in [0.3, 0.4) is 0 Å². The van der Waals surface area contributed by atoms with Crippen molar-refractivity contribution in [2.45, 2.75) is 32.4 Å². The summed E-state index contributed by atoms with van der Waals surface area (Å²) in [6, 6.07) is 26.2. The fourth-order valence-electron chi connectivity index (χ4n) is 3.00. The van der Waals surface area contributed by atoms with Crippen LogP contribution >= 0.6 is 0 Å². The van der Waals surface area contributed by atoms with Crippen LogP contribution in [0.15, 0.2) is 78.9 Å². The molecule has 1 unspecified atom stereocenters. The molecular formula is C24H27O3Si. The maximum Gasteiger partial charge on any atom is 0.127 e. The average molecular weight is 392 g/mol. The van der Waals surface area contributed by atoms with Gasteiger partial charge in [0.2, 0.25) is 0 Å². The molecule has 0 aliphatic rings. The molecule has 0 saturated carbocycles. The predicted molar refractivity (Wildman–Crippen MR) is 116 cm³/mol. The van der Waals surface area contributed by atoms with Gasteiger partial charge in [0.1, 0.15) is 17.2 Å². The van der Waals surface area contributed by atoms with Crippen LogP contribution in [0.1, 0.15) is 23.8 Å². The summed E-state index contributed by atoms with van der Waals surface area (Å²) < 4.78 is 17.8. The van der Waals surface area contributed by atoms with E-state index < -0.39 is 8.80 Å². The van der Waals surface area contributed by atoms with Crippen LogP contribution in [0.4, 0.5) is 0 Å². The zero-order chi connectivity index (χ0) is 19.8. The number of para-hydroxylation sites is 1. The molecule has 0 aromatic heterocycles. The highest BCUT2D eigenvalue weighted by atomic mass is 28.3. The summed E-state index contributed by atoms with van der Waals surface area (Å²) in [4.78, 5) is 0. The van der Waals surface area contributed by atoms with Gasteiger partial charge in [-0.2, -0.15) is 0 Å². The van der Waals surface area contributed by atoms with Crippen molar-refractivity contribution >= 4 is 8.80 Å². The molecule has 28 heavy (non-hydrogen) atoms. The molecule has 145 valence electrons. The van der Waals surface area contributed by atoms with E-state index in [2.05, 4.69) is 31.3 Å². The average Bonchev–Trinajstić information content (AvgIpc) is 2.70. The second kappa shape index (κ2) is 10.1. The Morgan fingerprint density at radius 3 is 2.18 bits per heavy atom. The molecule has 1 radical (unpaired) electrons. The number of hydrogen-bond acceptors (Lipinski definition) is 3. The van der Waals surface area contributed by atoms with E-state index in [0.29, 0.717) is 13.2 Å². The lowest BCUT2D eigenvalue weighted by atomic mass is 10.2. The minimum atomic E-state index is -0.672. The van der Waals surface area contributed by atoms with Crippen molar-refractivity contribution in [2.75, 3.05) is 6.61 Å². The minimum absolute atomic E-state index is 0.124. The molecule has 0 amide bonds. The van der Waals surface area contributed by atoms with Crippen molar-refractivity contribution < 1.29 is 14.2 Å². The first-order valence-corrected chi connectivity index (χ1v) is 12.2. The van der Waals surface area contributed by atoms with Crippen molar-refractivity contribution in [3.63, 3.8) is 0 Å². The summed E-state index contributed by atoms with van der Waals surface area (Å²) in [5, 5.41) is 0. The minimum Gasteiger partial charge on any atom is -0.494 e. The molecule has 0 aliphatic heterocycles. The van der Waals surface area contributed by atoms with Crippen molar-refractivity contribution in [2.24, 2.45) is 0 Å². The van der Waals surface area contributed by atoms with Crippen LogP contribution in [-0.2, 0) is 11.3 Å². The number of ether oxygens (including phenoxy) is 3. The highest BCUT2D eigenvalue weighted by Gasteiger charge is 2.18. The lowest BCUT2D eigenvalue weighted by Crippen LogP contribution is -2.19. The van der Waals surface area contributed by atoms with Gasteiger partial charge < -0.3 is 14.2 Å². The van der Waals surface area contributed by atoms with E-state index in [9.17, 15) is 0 Å². The fraction of sp³-hybridized carbons (Fsp3) is 0.250. The van der Waals surface area contributed by atoms with Crippen molar-refractivity contribution in [3.8, 4) is 17.2 Å². The second-order valence-electron chi connectivity index (χ2n) is 6.83. The fourth-order valence-corrected chi connectivity index (χ4v) is 4.28. The second-order valence-corrected chi connectivity index (χ2v) is 9.51. The van der Waals surface area contributed by atoms with Crippen molar-refractivity contribution in [1.82, 2.24) is 0 Å². The topological polar surface area (TPSA) is 27.7 Å². The van der Waals surface area contributed by atoms with E-state index in [1.54, 1.807) is 0 Å². The highest BCUT2D eigenvalue weighted by molar-refractivity contribution is 6.57. The van der Waals surface area contributed by atoms with E-state index in [4.69, 9.17) is 14.2 Å². The zero-order valence-electron chi connectivity index (χ0n) is 16.7. The molecule has 4 heteroatoms. The van der Waals surface area contributed by atoms with E-state index in [-0.39, 0.29) is 5.73 Å². The number of rotatable bonds is 9. The van der Waals surface area contributed by atoms with Gasteiger partial charge in [-0.1, -0.05) is 55.6 Å². The maximum absolute atomic E-state index is 6.33. The van der Waals surface area contributed by atoms with Crippen LogP contribution in [0.2, 0.25) is 13.1 Å². The van der Waals surface area contributed by atoms with Crippen molar-refractivity contribution in [3.05, 3.63) is 90.0 Å². The lowest BCUT2D eigenvalue weighted by molar-refractivity contribution is 0.0891. The molecular weight excluding hydrogens is 364 g/mol. The zero-order valence-corrected chi connectivity index (χ0v) is 17.7. The van der Waals surface area contributed by atoms with Crippen LogP contribution in [-0.4, -0.2) is 15.4 Å². The van der Waals surface area contributed by atoms with E-state index in [0.717, 1.165) is 22.8 Å². The quantitative estimate of drug-likeness (QED) is 0.393. The molecule has 3 nitrogen and oxygen atoms in total. The van der Waals surface area contributed by atoms with Crippen molar-refractivity contribution in [1.29, 1.82) is 0 Å². The lowest BCUT2D eigenvalue weighted by Gasteiger charge is -2.21.